The molecular formula is C32H27ClN6O2. The van der Waals surface area contributed by atoms with Crippen LogP contribution in [0.3, 0.4) is 0 Å². The number of nitrogens with zero attached hydrogens (tertiary/aromatic N) is 5. The molecule has 3 aromatic carbocycles. The van der Waals surface area contributed by atoms with Crippen LogP contribution in [-0.2, 0) is 4.84 Å². The van der Waals surface area contributed by atoms with E-state index in [0.717, 1.165) is 54.1 Å². The summed E-state index contributed by atoms with van der Waals surface area (Å²) < 4.78 is 6.33. The number of aromatic nitrogens is 2. The molecule has 204 valence electrons. The summed E-state index contributed by atoms with van der Waals surface area (Å²) in [6.07, 6.45) is 4.60. The standard InChI is InChI=1S/C32H27ClN6O2/c33-24-5-3-4-22(18-24)29-12-13-30(40-29)31-37-41-32(28-7-2-1-6-27(28)23-19-35-21-36-20-23)39(31)26-10-8-25(9-11-26)38-16-14-34-15-17-38/h1-13,18-21,32,34H,14-17H2. The van der Waals surface area contributed by atoms with Crippen LogP contribution in [-0.4, -0.2) is 42.0 Å². The summed E-state index contributed by atoms with van der Waals surface area (Å²) in [5.41, 5.74) is 5.82. The molecular weight excluding hydrogens is 536 g/mol. The van der Waals surface area contributed by atoms with Gasteiger partial charge >= 0.3 is 0 Å². The van der Waals surface area contributed by atoms with Gasteiger partial charge in [0, 0.05) is 71.7 Å². The van der Waals surface area contributed by atoms with Crippen molar-refractivity contribution < 1.29 is 9.25 Å². The number of hydrogen-bond acceptors (Lipinski definition) is 8. The summed E-state index contributed by atoms with van der Waals surface area (Å²) in [5, 5.41) is 8.63. The van der Waals surface area contributed by atoms with Crippen LogP contribution in [0.1, 0.15) is 17.6 Å². The summed E-state index contributed by atoms with van der Waals surface area (Å²) in [5.74, 6) is 1.87. The number of benzene rings is 3. The average molecular weight is 563 g/mol. The van der Waals surface area contributed by atoms with Gasteiger partial charge in [-0.25, -0.2) is 9.97 Å². The number of piperazine rings is 1. The quantitative estimate of drug-likeness (QED) is 0.258. The summed E-state index contributed by atoms with van der Waals surface area (Å²) in [4.78, 5) is 19.1. The molecule has 8 nitrogen and oxygen atoms in total. The maximum Gasteiger partial charge on any atom is 0.232 e. The predicted octanol–water partition coefficient (Wildman–Crippen LogP) is 6.36. The molecule has 0 amide bonds. The molecule has 0 radical (unpaired) electrons. The molecule has 5 aromatic rings. The van der Waals surface area contributed by atoms with Gasteiger partial charge in [-0.3, -0.25) is 4.90 Å². The van der Waals surface area contributed by atoms with E-state index in [1.807, 2.05) is 60.7 Å². The SMILES string of the molecule is Clc1cccc(-c2ccc(C3=NOC(c4ccccc4-c4cncnc4)N3c3ccc(N4CCNCC4)cc3)o2)c1. The molecule has 7 rings (SSSR count). The molecule has 1 unspecified atom stereocenters. The highest BCUT2D eigenvalue weighted by Gasteiger charge is 2.37. The maximum absolute atomic E-state index is 6.33. The van der Waals surface area contributed by atoms with Crippen LogP contribution in [0.4, 0.5) is 11.4 Å². The van der Waals surface area contributed by atoms with Gasteiger partial charge in [-0.2, -0.15) is 0 Å². The van der Waals surface area contributed by atoms with Gasteiger partial charge in [0.2, 0.25) is 12.1 Å². The first-order chi connectivity index (χ1) is 20.2. The Bertz CT molecular complexity index is 1680. The fourth-order valence-corrected chi connectivity index (χ4v) is 5.53. The molecule has 4 heterocycles. The minimum absolute atomic E-state index is 0.536. The molecule has 9 heteroatoms. The number of anilines is 2. The van der Waals surface area contributed by atoms with Gasteiger partial charge in [-0.1, -0.05) is 53.2 Å². The highest BCUT2D eigenvalue weighted by molar-refractivity contribution is 6.30. The highest BCUT2D eigenvalue weighted by Crippen LogP contribution is 2.40. The number of nitrogens with one attached hydrogen (secondary N) is 1. The molecule has 2 aromatic heterocycles. The summed E-state index contributed by atoms with van der Waals surface area (Å²) in [7, 11) is 0. The molecule has 2 aliphatic rings. The van der Waals surface area contributed by atoms with Crippen LogP contribution >= 0.6 is 11.6 Å². The molecule has 1 atom stereocenters. The third kappa shape index (κ3) is 5.03. The smallest absolute Gasteiger partial charge is 0.232 e. The van der Waals surface area contributed by atoms with E-state index in [0.29, 0.717) is 22.4 Å². The second-order valence-corrected chi connectivity index (χ2v) is 10.3. The van der Waals surface area contributed by atoms with Gasteiger partial charge in [-0.15, -0.1) is 0 Å². The molecule has 1 fully saturated rings. The lowest BCUT2D eigenvalue weighted by Crippen LogP contribution is -2.43. The van der Waals surface area contributed by atoms with Gasteiger partial charge in [-0.05, 0) is 54.1 Å². The van der Waals surface area contributed by atoms with Crippen LogP contribution in [0.2, 0.25) is 5.02 Å². The third-order valence-electron chi connectivity index (χ3n) is 7.35. The average Bonchev–Trinajstić information content (AvgIpc) is 3.70. The zero-order chi connectivity index (χ0) is 27.6. The maximum atomic E-state index is 6.33. The Morgan fingerprint density at radius 3 is 2.34 bits per heavy atom. The van der Waals surface area contributed by atoms with Crippen LogP contribution in [0.15, 0.2) is 113 Å². The minimum atomic E-state index is -0.536. The zero-order valence-corrected chi connectivity index (χ0v) is 22.9. The van der Waals surface area contributed by atoms with E-state index in [4.69, 9.17) is 20.9 Å². The van der Waals surface area contributed by atoms with Crippen LogP contribution < -0.4 is 15.1 Å². The largest absolute Gasteiger partial charge is 0.453 e. The molecule has 0 aliphatic carbocycles. The van der Waals surface area contributed by atoms with Crippen molar-refractivity contribution in [3.8, 4) is 22.5 Å². The number of oxime groups is 1. The van der Waals surface area contributed by atoms with E-state index in [-0.39, 0.29) is 0 Å². The van der Waals surface area contributed by atoms with E-state index < -0.39 is 6.23 Å². The van der Waals surface area contributed by atoms with E-state index in [1.165, 1.54) is 12.0 Å². The van der Waals surface area contributed by atoms with Crippen LogP contribution in [0.25, 0.3) is 22.5 Å². The van der Waals surface area contributed by atoms with Crippen molar-refractivity contribution in [1.29, 1.82) is 0 Å². The minimum Gasteiger partial charge on any atom is -0.453 e. The second-order valence-electron chi connectivity index (χ2n) is 9.88. The third-order valence-corrected chi connectivity index (χ3v) is 7.58. The first kappa shape index (κ1) is 25.3. The Kier molecular flexibility index (Phi) is 6.84. The van der Waals surface area contributed by atoms with Gasteiger partial charge < -0.3 is 19.5 Å². The lowest BCUT2D eigenvalue weighted by atomic mass is 10.00. The Morgan fingerprint density at radius 2 is 1.54 bits per heavy atom. The van der Waals surface area contributed by atoms with E-state index in [1.54, 1.807) is 12.4 Å². The lowest BCUT2D eigenvalue weighted by Gasteiger charge is -2.30. The second kappa shape index (κ2) is 11.1. The molecule has 2 aliphatic heterocycles. The summed E-state index contributed by atoms with van der Waals surface area (Å²) in [6, 6.07) is 28.1. The van der Waals surface area contributed by atoms with Crippen molar-refractivity contribution in [3.63, 3.8) is 0 Å². The Hall–Kier alpha value is -4.66. The zero-order valence-electron chi connectivity index (χ0n) is 22.2. The number of rotatable bonds is 6. The van der Waals surface area contributed by atoms with Gasteiger partial charge in [0.15, 0.2) is 5.76 Å². The van der Waals surface area contributed by atoms with E-state index >= 15 is 0 Å². The Morgan fingerprint density at radius 1 is 0.780 bits per heavy atom. The van der Waals surface area contributed by atoms with Crippen molar-refractivity contribution in [3.05, 3.63) is 120 Å². The fourth-order valence-electron chi connectivity index (χ4n) is 5.33. The van der Waals surface area contributed by atoms with Gasteiger partial charge in [0.25, 0.3) is 0 Å². The summed E-state index contributed by atoms with van der Waals surface area (Å²) >= 11 is 6.24. The Balaban J connectivity index is 1.28. The molecule has 0 saturated carbocycles. The fraction of sp³-hybridized carbons (Fsp3) is 0.156. The van der Waals surface area contributed by atoms with E-state index in [9.17, 15) is 0 Å². The van der Waals surface area contributed by atoms with Crippen molar-refractivity contribution in [1.82, 2.24) is 15.3 Å². The first-order valence-corrected chi connectivity index (χ1v) is 13.9. The van der Waals surface area contributed by atoms with Crippen LogP contribution in [0.5, 0.6) is 0 Å². The summed E-state index contributed by atoms with van der Waals surface area (Å²) in [6.45, 7) is 3.92. The topological polar surface area (TPSA) is 79.0 Å². The highest BCUT2D eigenvalue weighted by atomic mass is 35.5. The lowest BCUT2D eigenvalue weighted by molar-refractivity contribution is 0.0872. The van der Waals surface area contributed by atoms with Crippen molar-refractivity contribution in [2.75, 3.05) is 36.0 Å². The number of amidine groups is 1. The van der Waals surface area contributed by atoms with Gasteiger partial charge in [0.05, 0.1) is 0 Å². The van der Waals surface area contributed by atoms with Gasteiger partial charge in [0.1, 0.15) is 12.1 Å². The normalized spacial score (nSPS) is 16.9. The first-order valence-electron chi connectivity index (χ1n) is 13.5. The van der Waals surface area contributed by atoms with Crippen molar-refractivity contribution >= 4 is 28.8 Å². The van der Waals surface area contributed by atoms with E-state index in [2.05, 4.69) is 54.5 Å². The molecule has 1 N–H and O–H groups in total. The molecule has 41 heavy (non-hydrogen) atoms. The molecule has 0 spiro atoms. The Labute approximate surface area is 242 Å². The van der Waals surface area contributed by atoms with Crippen LogP contribution in [0, 0.1) is 0 Å². The number of furan rings is 1. The molecule has 1 saturated heterocycles. The number of hydrogen-bond donors (Lipinski definition) is 1. The predicted molar refractivity (Wildman–Crippen MR) is 161 cm³/mol. The van der Waals surface area contributed by atoms with Crippen molar-refractivity contribution in [2.24, 2.45) is 5.16 Å². The number of halogens is 1. The monoisotopic (exact) mass is 562 g/mol. The van der Waals surface area contributed by atoms with Crippen molar-refractivity contribution in [2.45, 2.75) is 6.23 Å². The molecule has 0 bridgehead atoms.